The molecule has 2 aromatic rings. The van der Waals surface area contributed by atoms with E-state index in [0.717, 1.165) is 0 Å². The van der Waals surface area contributed by atoms with Gasteiger partial charge < -0.3 is 30.0 Å². The maximum absolute atomic E-state index is 13.5. The maximum Gasteiger partial charge on any atom is 0.527 e. The number of aliphatic hydroxyl groups excluding tert-OH is 1. The molecule has 2 aliphatic rings. The van der Waals surface area contributed by atoms with E-state index in [0.29, 0.717) is 43.1 Å². The monoisotopic (exact) mass is 584 g/mol. The first-order valence-electron chi connectivity index (χ1n) is 14.0. The van der Waals surface area contributed by atoms with Crippen LogP contribution in [-0.2, 0) is 25.7 Å². The number of benzene rings is 1. The molecule has 2 atom stereocenters. The maximum atomic E-state index is 13.5. The number of piperazine rings is 1. The number of nitrogens with zero attached hydrogens (tertiary/aromatic N) is 5. The van der Waals surface area contributed by atoms with Gasteiger partial charge in [-0.25, -0.2) is 14.8 Å². The van der Waals surface area contributed by atoms with Crippen molar-refractivity contribution in [3.63, 3.8) is 0 Å². The second-order valence-corrected chi connectivity index (χ2v) is 10.1. The Morgan fingerprint density at radius 2 is 1.81 bits per heavy atom. The number of likely N-dealkylation sites (tertiary alicyclic amines) is 1. The quantitative estimate of drug-likeness (QED) is 0.319. The number of hydrogen-bond donors (Lipinski definition) is 3. The summed E-state index contributed by atoms with van der Waals surface area (Å²) in [5.41, 5.74) is 1.32. The molecule has 0 radical (unpaired) electrons. The fraction of sp³-hybridized carbons (Fsp3) is 0.500. The summed E-state index contributed by atoms with van der Waals surface area (Å²) >= 11 is 0. The molecular formula is C28H36N6O8. The molecular weight excluding hydrogens is 548 g/mol. The third kappa shape index (κ3) is 8.68. The van der Waals surface area contributed by atoms with Crippen molar-refractivity contribution < 1.29 is 39.0 Å². The highest BCUT2D eigenvalue weighted by Gasteiger charge is 2.31. The average molecular weight is 585 g/mol. The van der Waals surface area contributed by atoms with Gasteiger partial charge in [0.15, 0.2) is 5.82 Å². The first kappa shape index (κ1) is 30.8. The minimum absolute atomic E-state index is 0.0411. The molecule has 226 valence electrons. The zero-order valence-electron chi connectivity index (χ0n) is 23.5. The highest BCUT2D eigenvalue weighted by molar-refractivity contribution is 5.96. The number of aliphatic carboxylic acids is 1. The Labute approximate surface area is 243 Å². The average Bonchev–Trinajstić information content (AvgIpc) is 3.39. The summed E-state index contributed by atoms with van der Waals surface area (Å²) in [5.74, 6) is -1.84. The number of carbonyl (C=O) groups is 4. The van der Waals surface area contributed by atoms with Crippen molar-refractivity contribution in [3.8, 4) is 11.4 Å². The Morgan fingerprint density at radius 1 is 1.07 bits per heavy atom. The van der Waals surface area contributed by atoms with E-state index >= 15 is 0 Å². The molecule has 2 saturated heterocycles. The second kappa shape index (κ2) is 14.7. The molecule has 14 nitrogen and oxygen atoms in total. The SMILES string of the molecule is CCOC(=O)ON1CCN(C(=O)[C@H](CCC(=O)O)NC(=O)c2cc(CN3CC[C@@H](O)C3)nc(-c3ccccc3)n2)CC1. The number of rotatable bonds is 11. The van der Waals surface area contributed by atoms with Crippen LogP contribution in [0.1, 0.15) is 42.4 Å². The van der Waals surface area contributed by atoms with Crippen molar-refractivity contribution in [2.24, 2.45) is 0 Å². The Bertz CT molecular complexity index is 1250. The lowest BCUT2D eigenvalue weighted by molar-refractivity contribution is -0.157. The third-order valence-corrected chi connectivity index (χ3v) is 6.94. The van der Waals surface area contributed by atoms with Gasteiger partial charge in [0.05, 0.1) is 31.5 Å². The zero-order chi connectivity index (χ0) is 30.1. The minimum atomic E-state index is -1.11. The number of amides is 2. The van der Waals surface area contributed by atoms with Gasteiger partial charge >= 0.3 is 12.1 Å². The van der Waals surface area contributed by atoms with E-state index < -0.39 is 36.1 Å². The molecule has 42 heavy (non-hydrogen) atoms. The molecule has 1 aromatic carbocycles. The molecule has 0 spiro atoms. The number of carboxylic acids is 1. The number of aliphatic hydroxyl groups is 1. The number of hydrogen-bond acceptors (Lipinski definition) is 11. The zero-order valence-corrected chi connectivity index (χ0v) is 23.5. The molecule has 2 aliphatic heterocycles. The third-order valence-electron chi connectivity index (χ3n) is 6.94. The standard InChI is InChI=1S/C28H36N6O8/c1-2-41-28(40)42-34-14-12-33(13-15-34)27(39)22(8-9-24(36)37)31-26(38)23-16-20(17-32-11-10-21(35)18-32)29-25(30-23)19-6-4-3-5-7-19/h3-7,16,21-22,35H,2,8-15,17-18H2,1H3,(H,31,38)(H,36,37)/t21-,22+/m1/s1. The number of carboxylic acid groups (broad SMARTS) is 1. The van der Waals surface area contributed by atoms with Crippen LogP contribution < -0.4 is 5.32 Å². The lowest BCUT2D eigenvalue weighted by Gasteiger charge is -2.35. The van der Waals surface area contributed by atoms with Gasteiger partial charge in [-0.05, 0) is 25.8 Å². The summed E-state index contributed by atoms with van der Waals surface area (Å²) in [6.45, 7) is 4.28. The topological polar surface area (TPSA) is 175 Å². The van der Waals surface area contributed by atoms with E-state index in [4.69, 9.17) is 9.57 Å². The van der Waals surface area contributed by atoms with Crippen LogP contribution >= 0.6 is 0 Å². The van der Waals surface area contributed by atoms with Crippen molar-refractivity contribution in [2.45, 2.75) is 44.9 Å². The van der Waals surface area contributed by atoms with Crippen molar-refractivity contribution in [3.05, 3.63) is 47.8 Å². The van der Waals surface area contributed by atoms with E-state index in [1.807, 2.05) is 35.2 Å². The fourth-order valence-electron chi connectivity index (χ4n) is 4.82. The summed E-state index contributed by atoms with van der Waals surface area (Å²) in [5, 5.41) is 23.3. The number of aromatic nitrogens is 2. The smallest absolute Gasteiger partial charge is 0.481 e. The molecule has 0 aliphatic carbocycles. The number of β-amino-alcohol motifs (C(OH)–C–C–N with tert-alkyl or cyclic N) is 1. The summed E-state index contributed by atoms with van der Waals surface area (Å²) in [7, 11) is 0. The molecule has 3 heterocycles. The van der Waals surface area contributed by atoms with Gasteiger partial charge in [0.1, 0.15) is 11.7 Å². The molecule has 2 amide bonds. The first-order chi connectivity index (χ1) is 20.2. The second-order valence-electron chi connectivity index (χ2n) is 10.1. The predicted molar refractivity (Wildman–Crippen MR) is 148 cm³/mol. The summed E-state index contributed by atoms with van der Waals surface area (Å²) in [4.78, 5) is 67.6. The molecule has 2 fully saturated rings. The van der Waals surface area contributed by atoms with Gasteiger partial charge in [0, 0.05) is 44.7 Å². The van der Waals surface area contributed by atoms with Crippen molar-refractivity contribution in [1.29, 1.82) is 0 Å². The minimum Gasteiger partial charge on any atom is -0.481 e. The van der Waals surface area contributed by atoms with E-state index in [1.54, 1.807) is 13.0 Å². The summed E-state index contributed by atoms with van der Waals surface area (Å²) < 4.78 is 4.77. The molecule has 4 rings (SSSR count). The van der Waals surface area contributed by atoms with E-state index in [-0.39, 0.29) is 51.3 Å². The molecule has 0 bridgehead atoms. The van der Waals surface area contributed by atoms with Crippen LogP contribution in [0, 0.1) is 0 Å². The van der Waals surface area contributed by atoms with Gasteiger partial charge in [-0.3, -0.25) is 19.3 Å². The van der Waals surface area contributed by atoms with Gasteiger partial charge in [0.2, 0.25) is 5.91 Å². The normalized spacial score (nSPS) is 18.3. The van der Waals surface area contributed by atoms with Crippen LogP contribution in [0.5, 0.6) is 0 Å². The van der Waals surface area contributed by atoms with Gasteiger partial charge in [-0.1, -0.05) is 30.3 Å². The number of carbonyl (C=O) groups excluding carboxylic acids is 3. The molecule has 3 N–H and O–H groups in total. The Kier molecular flexibility index (Phi) is 10.8. The van der Waals surface area contributed by atoms with Crippen molar-refractivity contribution in [2.75, 3.05) is 45.9 Å². The van der Waals surface area contributed by atoms with Crippen LogP contribution in [0.25, 0.3) is 11.4 Å². The van der Waals surface area contributed by atoms with E-state index in [1.165, 1.54) is 9.96 Å². The number of nitrogens with one attached hydrogen (secondary N) is 1. The lowest BCUT2D eigenvalue weighted by Crippen LogP contribution is -2.55. The number of ether oxygens (including phenoxy) is 1. The van der Waals surface area contributed by atoms with Gasteiger partial charge in [-0.2, -0.15) is 0 Å². The molecule has 0 unspecified atom stereocenters. The van der Waals surface area contributed by atoms with E-state index in [2.05, 4.69) is 15.3 Å². The van der Waals surface area contributed by atoms with Crippen LogP contribution in [0.15, 0.2) is 36.4 Å². The van der Waals surface area contributed by atoms with Crippen LogP contribution in [0.4, 0.5) is 4.79 Å². The van der Waals surface area contributed by atoms with Crippen LogP contribution in [0.2, 0.25) is 0 Å². The van der Waals surface area contributed by atoms with E-state index in [9.17, 15) is 29.4 Å². The Balaban J connectivity index is 1.50. The molecule has 14 heteroatoms. The highest BCUT2D eigenvalue weighted by atomic mass is 16.8. The Morgan fingerprint density at radius 3 is 2.45 bits per heavy atom. The first-order valence-corrected chi connectivity index (χ1v) is 14.0. The van der Waals surface area contributed by atoms with Crippen LogP contribution in [-0.4, -0.2) is 117 Å². The number of hydroxylamine groups is 2. The van der Waals surface area contributed by atoms with Crippen molar-refractivity contribution in [1.82, 2.24) is 30.1 Å². The summed E-state index contributed by atoms with van der Waals surface area (Å²) in [6, 6.07) is 9.61. The molecule has 0 saturated carbocycles. The highest BCUT2D eigenvalue weighted by Crippen LogP contribution is 2.19. The predicted octanol–water partition coefficient (Wildman–Crippen LogP) is 0.906. The summed E-state index contributed by atoms with van der Waals surface area (Å²) in [6.07, 6.45) is -1.04. The Hall–Kier alpha value is -4.14. The lowest BCUT2D eigenvalue weighted by atomic mass is 10.1. The van der Waals surface area contributed by atoms with Gasteiger partial charge in [0.25, 0.3) is 5.91 Å². The van der Waals surface area contributed by atoms with Gasteiger partial charge in [-0.15, -0.1) is 5.06 Å². The largest absolute Gasteiger partial charge is 0.527 e. The molecule has 1 aromatic heterocycles. The van der Waals surface area contributed by atoms with Crippen molar-refractivity contribution >= 4 is 23.9 Å². The van der Waals surface area contributed by atoms with Crippen LogP contribution in [0.3, 0.4) is 0 Å². The fourth-order valence-corrected chi connectivity index (χ4v) is 4.82.